The monoisotopic (exact) mass is 170 g/mol. The maximum Gasteiger partial charge on any atom is 0.236 e. The molecule has 0 unspecified atom stereocenters. The number of amides is 1. The van der Waals surface area contributed by atoms with E-state index in [1.807, 2.05) is 11.9 Å². The first-order chi connectivity index (χ1) is 5.74. The highest BCUT2D eigenvalue weighted by Gasteiger charge is 2.19. The highest BCUT2D eigenvalue weighted by atomic mass is 16.2. The fraction of sp³-hybridized carbons (Fsp3) is 0.889. The van der Waals surface area contributed by atoms with E-state index in [1.54, 1.807) is 0 Å². The summed E-state index contributed by atoms with van der Waals surface area (Å²) in [6.07, 6.45) is 2.43. The van der Waals surface area contributed by atoms with E-state index in [-0.39, 0.29) is 5.91 Å². The number of carbonyl (C=O) groups is 1. The summed E-state index contributed by atoms with van der Waals surface area (Å²) in [4.78, 5) is 13.4. The summed E-state index contributed by atoms with van der Waals surface area (Å²) in [5.74, 6) is 0.920. The van der Waals surface area contributed by atoms with Gasteiger partial charge in [0.15, 0.2) is 0 Å². The molecule has 12 heavy (non-hydrogen) atoms. The number of hydrogen-bond acceptors (Lipinski definition) is 2. The first kappa shape index (κ1) is 9.52. The number of hydrogen-bond donors (Lipinski definition) is 1. The predicted octanol–water partition coefficient (Wildman–Crippen LogP) is 0.464. The zero-order chi connectivity index (χ0) is 8.97. The van der Waals surface area contributed by atoms with Gasteiger partial charge in [0.25, 0.3) is 0 Å². The molecule has 1 fully saturated rings. The first-order valence-electron chi connectivity index (χ1n) is 4.66. The van der Waals surface area contributed by atoms with Crippen LogP contribution in [0.25, 0.3) is 0 Å². The number of likely N-dealkylation sites (tertiary alicyclic amines) is 1. The van der Waals surface area contributed by atoms with Gasteiger partial charge in [-0.05, 0) is 25.8 Å². The second-order valence-corrected chi connectivity index (χ2v) is 3.62. The lowest BCUT2D eigenvalue weighted by molar-refractivity contribution is -0.131. The van der Waals surface area contributed by atoms with Crippen molar-refractivity contribution < 1.29 is 4.79 Å². The standard InChI is InChI=1S/C9H18N2O/c1-8-4-3-5-11(7-8)9(12)6-10-2/h8,10H,3-7H2,1-2H3/t8-/m0/s1. The molecule has 1 aliphatic heterocycles. The number of carbonyl (C=O) groups excluding carboxylic acids is 1. The Labute approximate surface area is 74.1 Å². The summed E-state index contributed by atoms with van der Waals surface area (Å²) in [6, 6.07) is 0. The third kappa shape index (κ3) is 2.48. The summed E-state index contributed by atoms with van der Waals surface area (Å²) in [7, 11) is 1.81. The summed E-state index contributed by atoms with van der Waals surface area (Å²) in [5.41, 5.74) is 0. The summed E-state index contributed by atoms with van der Waals surface area (Å²) in [5, 5.41) is 2.89. The lowest BCUT2D eigenvalue weighted by atomic mass is 10.0. The van der Waals surface area contributed by atoms with Gasteiger partial charge in [-0.2, -0.15) is 0 Å². The van der Waals surface area contributed by atoms with E-state index in [0.717, 1.165) is 19.5 Å². The van der Waals surface area contributed by atoms with Crippen molar-refractivity contribution in [2.75, 3.05) is 26.7 Å². The fourth-order valence-electron chi connectivity index (χ4n) is 1.68. The molecule has 1 rings (SSSR count). The van der Waals surface area contributed by atoms with Crippen LogP contribution in [0.1, 0.15) is 19.8 Å². The van der Waals surface area contributed by atoms with Crippen molar-refractivity contribution in [2.24, 2.45) is 5.92 Å². The molecule has 0 bridgehead atoms. The largest absolute Gasteiger partial charge is 0.341 e. The van der Waals surface area contributed by atoms with Crippen molar-refractivity contribution in [1.29, 1.82) is 0 Å². The van der Waals surface area contributed by atoms with E-state index in [1.165, 1.54) is 6.42 Å². The molecular formula is C9H18N2O. The first-order valence-corrected chi connectivity index (χ1v) is 4.66. The molecule has 70 valence electrons. The van der Waals surface area contributed by atoms with Crippen LogP contribution in [-0.2, 0) is 4.79 Å². The number of nitrogens with zero attached hydrogens (tertiary/aromatic N) is 1. The zero-order valence-corrected chi connectivity index (χ0v) is 7.97. The molecule has 0 aromatic carbocycles. The topological polar surface area (TPSA) is 32.3 Å². The highest BCUT2D eigenvalue weighted by Crippen LogP contribution is 2.14. The van der Waals surface area contributed by atoms with E-state index >= 15 is 0 Å². The van der Waals surface area contributed by atoms with E-state index in [4.69, 9.17) is 0 Å². The van der Waals surface area contributed by atoms with Crippen LogP contribution in [0.5, 0.6) is 0 Å². The van der Waals surface area contributed by atoms with Gasteiger partial charge in [0, 0.05) is 13.1 Å². The average Bonchev–Trinajstić information content (AvgIpc) is 2.05. The lowest BCUT2D eigenvalue weighted by Crippen LogP contribution is -2.42. The van der Waals surface area contributed by atoms with Crippen molar-refractivity contribution in [1.82, 2.24) is 10.2 Å². The van der Waals surface area contributed by atoms with Crippen molar-refractivity contribution >= 4 is 5.91 Å². The van der Waals surface area contributed by atoms with Crippen molar-refractivity contribution in [2.45, 2.75) is 19.8 Å². The van der Waals surface area contributed by atoms with Crippen LogP contribution in [0.4, 0.5) is 0 Å². The van der Waals surface area contributed by atoms with Crippen molar-refractivity contribution in [3.63, 3.8) is 0 Å². The SMILES string of the molecule is CNCC(=O)N1CCC[C@H](C)C1. The molecule has 1 aliphatic rings. The molecule has 0 aliphatic carbocycles. The minimum absolute atomic E-state index is 0.240. The van der Waals surface area contributed by atoms with Gasteiger partial charge in [0.05, 0.1) is 6.54 Å². The third-order valence-electron chi connectivity index (χ3n) is 2.34. The van der Waals surface area contributed by atoms with E-state index in [9.17, 15) is 4.79 Å². The van der Waals surface area contributed by atoms with Gasteiger partial charge in [-0.15, -0.1) is 0 Å². The fourth-order valence-corrected chi connectivity index (χ4v) is 1.68. The average molecular weight is 170 g/mol. The van der Waals surface area contributed by atoms with Gasteiger partial charge in [0.1, 0.15) is 0 Å². The van der Waals surface area contributed by atoms with Crippen LogP contribution in [0.2, 0.25) is 0 Å². The Morgan fingerprint density at radius 3 is 3.00 bits per heavy atom. The molecule has 0 aromatic heterocycles. The Bertz CT molecular complexity index is 159. The summed E-state index contributed by atoms with van der Waals surface area (Å²) < 4.78 is 0. The highest BCUT2D eigenvalue weighted by molar-refractivity contribution is 5.78. The molecule has 3 heteroatoms. The predicted molar refractivity (Wildman–Crippen MR) is 48.9 cm³/mol. The molecule has 0 saturated carbocycles. The van der Waals surface area contributed by atoms with Gasteiger partial charge in [-0.25, -0.2) is 0 Å². The number of nitrogens with one attached hydrogen (secondary N) is 1. The number of likely N-dealkylation sites (N-methyl/N-ethyl adjacent to an activating group) is 1. The van der Waals surface area contributed by atoms with E-state index in [0.29, 0.717) is 12.5 Å². The normalized spacial score (nSPS) is 24.2. The lowest BCUT2D eigenvalue weighted by Gasteiger charge is -2.30. The van der Waals surface area contributed by atoms with Crippen LogP contribution < -0.4 is 5.32 Å². The second-order valence-electron chi connectivity index (χ2n) is 3.62. The van der Waals surface area contributed by atoms with Crippen LogP contribution in [-0.4, -0.2) is 37.5 Å². The zero-order valence-electron chi connectivity index (χ0n) is 7.97. The van der Waals surface area contributed by atoms with Crippen LogP contribution in [0.3, 0.4) is 0 Å². The Hall–Kier alpha value is -0.570. The molecule has 1 amide bonds. The van der Waals surface area contributed by atoms with Gasteiger partial charge < -0.3 is 10.2 Å². The minimum Gasteiger partial charge on any atom is -0.341 e. The molecule has 1 atom stereocenters. The number of rotatable bonds is 2. The molecule has 1 saturated heterocycles. The Balaban J connectivity index is 2.35. The van der Waals surface area contributed by atoms with Crippen LogP contribution >= 0.6 is 0 Å². The van der Waals surface area contributed by atoms with E-state index < -0.39 is 0 Å². The number of piperidine rings is 1. The Morgan fingerprint density at radius 2 is 2.42 bits per heavy atom. The molecule has 0 spiro atoms. The molecule has 1 N–H and O–H groups in total. The van der Waals surface area contributed by atoms with Gasteiger partial charge in [-0.3, -0.25) is 4.79 Å². The molecule has 0 radical (unpaired) electrons. The second kappa shape index (κ2) is 4.45. The van der Waals surface area contributed by atoms with Gasteiger partial charge in [-0.1, -0.05) is 6.92 Å². The van der Waals surface area contributed by atoms with Gasteiger partial charge in [0.2, 0.25) is 5.91 Å². The smallest absolute Gasteiger partial charge is 0.236 e. The quantitative estimate of drug-likeness (QED) is 0.653. The van der Waals surface area contributed by atoms with E-state index in [2.05, 4.69) is 12.2 Å². The Morgan fingerprint density at radius 1 is 1.67 bits per heavy atom. The molecule has 1 heterocycles. The molecule has 0 aromatic rings. The van der Waals surface area contributed by atoms with Crippen LogP contribution in [0.15, 0.2) is 0 Å². The maximum absolute atomic E-state index is 11.4. The molecular weight excluding hydrogens is 152 g/mol. The summed E-state index contributed by atoms with van der Waals surface area (Å²) in [6.45, 7) is 4.58. The van der Waals surface area contributed by atoms with Crippen LogP contribution in [0, 0.1) is 5.92 Å². The third-order valence-corrected chi connectivity index (χ3v) is 2.34. The maximum atomic E-state index is 11.4. The van der Waals surface area contributed by atoms with Crippen molar-refractivity contribution in [3.05, 3.63) is 0 Å². The van der Waals surface area contributed by atoms with Crippen molar-refractivity contribution in [3.8, 4) is 0 Å². The minimum atomic E-state index is 0.240. The van der Waals surface area contributed by atoms with Gasteiger partial charge >= 0.3 is 0 Å². The Kier molecular flexibility index (Phi) is 3.53. The molecule has 3 nitrogen and oxygen atoms in total. The summed E-state index contributed by atoms with van der Waals surface area (Å²) >= 11 is 0.